The van der Waals surface area contributed by atoms with E-state index in [9.17, 15) is 9.59 Å². The Morgan fingerprint density at radius 1 is 1.24 bits per heavy atom. The number of aryl methyl sites for hydroxylation is 1. The average Bonchev–Trinajstić information content (AvgIpc) is 3.38. The van der Waals surface area contributed by atoms with E-state index in [0.717, 1.165) is 37.0 Å². The number of piperidine rings is 1. The third-order valence-electron chi connectivity index (χ3n) is 5.20. The Labute approximate surface area is 173 Å². The zero-order valence-corrected chi connectivity index (χ0v) is 17.4. The third-order valence-corrected chi connectivity index (χ3v) is 6.06. The molecular formula is C21H25N5O2S. The first-order valence-electron chi connectivity index (χ1n) is 10.0. The van der Waals surface area contributed by atoms with Crippen molar-refractivity contribution in [1.29, 1.82) is 0 Å². The SMILES string of the molecule is Cc1cc(C(=O)NCCC(=O)N2CCCCC2)c2cnn(Cc3cccs3)c2n1. The fourth-order valence-corrected chi connectivity index (χ4v) is 4.39. The molecule has 8 heteroatoms. The molecule has 0 unspecified atom stereocenters. The van der Waals surface area contributed by atoms with Gasteiger partial charge in [-0.3, -0.25) is 9.59 Å². The van der Waals surface area contributed by atoms with Gasteiger partial charge < -0.3 is 10.2 Å². The van der Waals surface area contributed by atoms with E-state index in [0.29, 0.717) is 30.7 Å². The summed E-state index contributed by atoms with van der Waals surface area (Å²) in [4.78, 5) is 32.8. The van der Waals surface area contributed by atoms with Crippen LogP contribution >= 0.6 is 11.3 Å². The number of aromatic nitrogens is 3. The molecule has 0 saturated carbocycles. The van der Waals surface area contributed by atoms with Gasteiger partial charge in [-0.15, -0.1) is 11.3 Å². The molecule has 3 aromatic heterocycles. The lowest BCUT2D eigenvalue weighted by atomic mass is 10.1. The first-order chi connectivity index (χ1) is 14.1. The molecule has 4 rings (SSSR count). The fourth-order valence-electron chi connectivity index (χ4n) is 3.71. The van der Waals surface area contributed by atoms with Crippen molar-refractivity contribution in [2.75, 3.05) is 19.6 Å². The quantitative estimate of drug-likeness (QED) is 0.676. The summed E-state index contributed by atoms with van der Waals surface area (Å²) in [7, 11) is 0. The molecule has 0 aromatic carbocycles. The molecule has 1 saturated heterocycles. The molecule has 0 spiro atoms. The summed E-state index contributed by atoms with van der Waals surface area (Å²) in [6.45, 7) is 4.50. The predicted octanol–water partition coefficient (Wildman–Crippen LogP) is 2.98. The normalized spacial score (nSPS) is 14.3. The summed E-state index contributed by atoms with van der Waals surface area (Å²) < 4.78 is 1.82. The number of hydrogen-bond donors (Lipinski definition) is 1. The second-order valence-electron chi connectivity index (χ2n) is 7.38. The van der Waals surface area contributed by atoms with Crippen molar-refractivity contribution < 1.29 is 9.59 Å². The average molecular weight is 412 g/mol. The van der Waals surface area contributed by atoms with Crippen molar-refractivity contribution in [2.45, 2.75) is 39.2 Å². The van der Waals surface area contributed by atoms with Crippen LogP contribution in [-0.2, 0) is 11.3 Å². The van der Waals surface area contributed by atoms with Crippen LogP contribution in [0, 0.1) is 6.92 Å². The summed E-state index contributed by atoms with van der Waals surface area (Å²) in [5.41, 5.74) is 2.02. The van der Waals surface area contributed by atoms with E-state index in [4.69, 9.17) is 0 Å². The Balaban J connectivity index is 1.44. The number of fused-ring (bicyclic) bond motifs is 1. The lowest BCUT2D eigenvalue weighted by molar-refractivity contribution is -0.131. The number of nitrogens with one attached hydrogen (secondary N) is 1. The molecular weight excluding hydrogens is 386 g/mol. The summed E-state index contributed by atoms with van der Waals surface area (Å²) >= 11 is 1.67. The molecule has 0 radical (unpaired) electrons. The van der Waals surface area contributed by atoms with E-state index in [1.807, 2.05) is 28.0 Å². The van der Waals surface area contributed by atoms with E-state index in [1.54, 1.807) is 23.6 Å². The summed E-state index contributed by atoms with van der Waals surface area (Å²) in [6, 6.07) is 5.84. The molecule has 3 aromatic rings. The molecule has 7 nitrogen and oxygen atoms in total. The van der Waals surface area contributed by atoms with Crippen molar-refractivity contribution in [1.82, 2.24) is 25.0 Å². The first kappa shape index (κ1) is 19.6. The minimum Gasteiger partial charge on any atom is -0.351 e. The second-order valence-corrected chi connectivity index (χ2v) is 8.41. The molecule has 29 heavy (non-hydrogen) atoms. The second kappa shape index (κ2) is 8.73. The van der Waals surface area contributed by atoms with E-state index < -0.39 is 0 Å². The van der Waals surface area contributed by atoms with Crippen molar-refractivity contribution in [3.63, 3.8) is 0 Å². The monoisotopic (exact) mass is 411 g/mol. The van der Waals surface area contributed by atoms with E-state index in [1.165, 1.54) is 11.3 Å². The minimum absolute atomic E-state index is 0.116. The number of amides is 2. The highest BCUT2D eigenvalue weighted by Crippen LogP contribution is 2.20. The van der Waals surface area contributed by atoms with Gasteiger partial charge in [0.2, 0.25) is 5.91 Å². The van der Waals surface area contributed by atoms with Crippen molar-refractivity contribution in [3.05, 3.63) is 45.9 Å². The van der Waals surface area contributed by atoms with Gasteiger partial charge in [0.05, 0.1) is 23.7 Å². The van der Waals surface area contributed by atoms with Crippen LogP contribution in [0.1, 0.15) is 46.6 Å². The van der Waals surface area contributed by atoms with E-state index >= 15 is 0 Å². The Morgan fingerprint density at radius 2 is 2.07 bits per heavy atom. The van der Waals surface area contributed by atoms with Gasteiger partial charge in [0.1, 0.15) is 0 Å². The van der Waals surface area contributed by atoms with Crippen LogP contribution in [-0.4, -0.2) is 51.1 Å². The van der Waals surface area contributed by atoms with E-state index in [-0.39, 0.29) is 11.8 Å². The van der Waals surface area contributed by atoms with Crippen LogP contribution in [0.3, 0.4) is 0 Å². The van der Waals surface area contributed by atoms with Crippen molar-refractivity contribution in [2.24, 2.45) is 0 Å². The lowest BCUT2D eigenvalue weighted by Crippen LogP contribution is -2.37. The van der Waals surface area contributed by atoms with Crippen LogP contribution in [0.4, 0.5) is 0 Å². The highest BCUT2D eigenvalue weighted by Gasteiger charge is 2.18. The number of carbonyl (C=O) groups excluding carboxylic acids is 2. The van der Waals surface area contributed by atoms with Gasteiger partial charge in [0.25, 0.3) is 5.91 Å². The number of likely N-dealkylation sites (tertiary alicyclic amines) is 1. The van der Waals surface area contributed by atoms with Gasteiger partial charge in [-0.2, -0.15) is 5.10 Å². The fraction of sp³-hybridized carbons (Fsp3) is 0.429. The van der Waals surface area contributed by atoms with E-state index in [2.05, 4.69) is 21.5 Å². The molecule has 1 aliphatic rings. The highest BCUT2D eigenvalue weighted by molar-refractivity contribution is 7.09. The highest BCUT2D eigenvalue weighted by atomic mass is 32.1. The molecule has 1 aliphatic heterocycles. The first-order valence-corrected chi connectivity index (χ1v) is 10.9. The number of carbonyl (C=O) groups is 2. The van der Waals surface area contributed by atoms with Crippen LogP contribution in [0.2, 0.25) is 0 Å². The van der Waals surface area contributed by atoms with Crippen LogP contribution < -0.4 is 5.32 Å². The van der Waals surface area contributed by atoms with Crippen LogP contribution in [0.15, 0.2) is 29.8 Å². The minimum atomic E-state index is -0.192. The maximum Gasteiger partial charge on any atom is 0.252 e. The van der Waals surface area contributed by atoms with Crippen LogP contribution in [0.5, 0.6) is 0 Å². The van der Waals surface area contributed by atoms with Gasteiger partial charge in [-0.05, 0) is 43.7 Å². The summed E-state index contributed by atoms with van der Waals surface area (Å²) in [6.07, 6.45) is 5.36. The van der Waals surface area contributed by atoms with Crippen molar-refractivity contribution >= 4 is 34.2 Å². The van der Waals surface area contributed by atoms with Crippen molar-refractivity contribution in [3.8, 4) is 0 Å². The maximum atomic E-state index is 12.8. The number of hydrogen-bond acceptors (Lipinski definition) is 5. The number of rotatable bonds is 6. The summed E-state index contributed by atoms with van der Waals surface area (Å²) in [5, 5.41) is 10.1. The van der Waals surface area contributed by atoms with Gasteiger partial charge >= 0.3 is 0 Å². The van der Waals surface area contributed by atoms with Crippen LogP contribution in [0.25, 0.3) is 11.0 Å². The Bertz CT molecular complexity index is 1010. The van der Waals surface area contributed by atoms with Gasteiger partial charge in [0, 0.05) is 36.6 Å². The Hall–Kier alpha value is -2.74. The molecule has 152 valence electrons. The zero-order chi connectivity index (χ0) is 20.2. The molecule has 1 fully saturated rings. The largest absolute Gasteiger partial charge is 0.351 e. The molecule has 4 heterocycles. The maximum absolute atomic E-state index is 12.8. The Morgan fingerprint density at radius 3 is 2.83 bits per heavy atom. The molecule has 0 bridgehead atoms. The lowest BCUT2D eigenvalue weighted by Gasteiger charge is -2.26. The topological polar surface area (TPSA) is 80.1 Å². The number of thiophene rings is 1. The molecule has 0 aliphatic carbocycles. The molecule has 0 atom stereocenters. The predicted molar refractivity (Wildman–Crippen MR) is 113 cm³/mol. The standard InChI is InChI=1S/C21H25N5O2S/c1-15-12-17(21(28)22-8-7-19(27)25-9-3-2-4-10-25)18-13-23-26(20(18)24-15)14-16-6-5-11-29-16/h5-6,11-13H,2-4,7-10,14H2,1H3,(H,22,28). The van der Waals surface area contributed by atoms with Gasteiger partial charge in [0.15, 0.2) is 5.65 Å². The smallest absolute Gasteiger partial charge is 0.252 e. The van der Waals surface area contributed by atoms with Gasteiger partial charge in [-0.25, -0.2) is 9.67 Å². The summed E-state index contributed by atoms with van der Waals surface area (Å²) in [5.74, 6) is -0.0764. The zero-order valence-electron chi connectivity index (χ0n) is 16.6. The van der Waals surface area contributed by atoms with Gasteiger partial charge in [-0.1, -0.05) is 6.07 Å². The number of nitrogens with zero attached hydrogens (tertiary/aromatic N) is 4. The third kappa shape index (κ3) is 4.48. The number of pyridine rings is 1. The Kier molecular flexibility index (Phi) is 5.89. The molecule has 1 N–H and O–H groups in total. The molecule has 2 amide bonds.